The Bertz CT molecular complexity index is 1010. The Morgan fingerprint density at radius 2 is 2.03 bits per heavy atom. The number of pyridine rings is 2. The van der Waals surface area contributed by atoms with Gasteiger partial charge >= 0.3 is 0 Å². The number of aryl methyl sites for hydroxylation is 1. The van der Waals surface area contributed by atoms with E-state index in [2.05, 4.69) is 20.2 Å². The van der Waals surface area contributed by atoms with E-state index in [4.69, 9.17) is 10.7 Å². The lowest BCUT2D eigenvalue weighted by Gasteiger charge is -2.33. The molecule has 1 aliphatic carbocycles. The first-order valence-electron chi connectivity index (χ1n) is 10.3. The van der Waals surface area contributed by atoms with Crippen LogP contribution in [0.2, 0.25) is 0 Å². The van der Waals surface area contributed by atoms with Crippen molar-refractivity contribution in [2.45, 2.75) is 45.1 Å². The van der Waals surface area contributed by atoms with Gasteiger partial charge in [0.2, 0.25) is 5.91 Å². The fourth-order valence-electron chi connectivity index (χ4n) is 3.81. The molecule has 7 nitrogen and oxygen atoms in total. The predicted octanol–water partition coefficient (Wildman–Crippen LogP) is 4.28. The van der Waals surface area contributed by atoms with E-state index in [1.807, 2.05) is 43.5 Å². The average molecular weight is 423 g/mol. The Balaban J connectivity index is 1.55. The molecule has 1 amide bonds. The van der Waals surface area contributed by atoms with E-state index in [1.165, 1.54) is 19.3 Å². The molecule has 4 rings (SSSR count). The maximum absolute atomic E-state index is 11.7. The number of nitrogens with one attached hydrogen (secondary N) is 1. The van der Waals surface area contributed by atoms with Crippen LogP contribution in [0.15, 0.2) is 42.7 Å². The van der Waals surface area contributed by atoms with Crippen molar-refractivity contribution in [1.29, 1.82) is 0 Å². The number of anilines is 3. The van der Waals surface area contributed by atoms with Crippen LogP contribution in [0.5, 0.6) is 0 Å². The monoisotopic (exact) mass is 422 g/mol. The highest BCUT2D eigenvalue weighted by molar-refractivity contribution is 7.18. The molecular formula is C22H26N6OS. The zero-order chi connectivity index (χ0) is 20.9. The van der Waals surface area contributed by atoms with Crippen LogP contribution in [0, 0.1) is 6.92 Å². The molecule has 8 heteroatoms. The summed E-state index contributed by atoms with van der Waals surface area (Å²) < 4.78 is 0. The van der Waals surface area contributed by atoms with Crippen molar-refractivity contribution in [2.75, 3.05) is 16.8 Å². The first-order valence-corrected chi connectivity index (χ1v) is 11.1. The minimum absolute atomic E-state index is 0.200. The molecule has 0 aromatic carbocycles. The number of thiazole rings is 1. The Kier molecular flexibility index (Phi) is 6.23. The van der Waals surface area contributed by atoms with Gasteiger partial charge in [0.1, 0.15) is 11.6 Å². The minimum atomic E-state index is -0.327. The van der Waals surface area contributed by atoms with E-state index in [0.29, 0.717) is 6.04 Å². The summed E-state index contributed by atoms with van der Waals surface area (Å²) >= 11 is 1.55. The normalized spacial score (nSPS) is 14.4. The molecule has 3 heterocycles. The minimum Gasteiger partial charge on any atom is -0.368 e. The number of amides is 1. The van der Waals surface area contributed by atoms with Gasteiger partial charge in [-0.05, 0) is 49.6 Å². The number of carbonyl (C=O) groups is 1. The second-order valence-corrected chi connectivity index (χ2v) is 8.65. The standard InChI is InChI=1S/C22H26N6OS/c1-15-10-11-24-21(12-15)27-20-9-5-8-17(26-20)18-13-25-22(30-18)28(14-19(23)29)16-6-3-2-4-7-16/h5,8-13,16H,2-4,6-7,14H2,1H3,(H2,23,29)(H,24,26,27). The molecule has 0 radical (unpaired) electrons. The van der Waals surface area contributed by atoms with Gasteiger partial charge in [-0.15, -0.1) is 0 Å². The summed E-state index contributed by atoms with van der Waals surface area (Å²) in [4.78, 5) is 28.4. The first kappa shape index (κ1) is 20.3. The number of hydrogen-bond acceptors (Lipinski definition) is 7. The van der Waals surface area contributed by atoms with Gasteiger partial charge < -0.3 is 16.0 Å². The summed E-state index contributed by atoms with van der Waals surface area (Å²) in [6, 6.07) is 10.1. The first-order chi connectivity index (χ1) is 14.6. The lowest BCUT2D eigenvalue weighted by atomic mass is 9.94. The smallest absolute Gasteiger partial charge is 0.237 e. The number of rotatable bonds is 7. The third-order valence-corrected chi connectivity index (χ3v) is 6.31. The zero-order valence-electron chi connectivity index (χ0n) is 17.0. The molecule has 30 heavy (non-hydrogen) atoms. The van der Waals surface area contributed by atoms with Gasteiger partial charge in [-0.25, -0.2) is 15.0 Å². The van der Waals surface area contributed by atoms with Gasteiger partial charge in [-0.1, -0.05) is 36.7 Å². The summed E-state index contributed by atoms with van der Waals surface area (Å²) in [6.45, 7) is 2.23. The van der Waals surface area contributed by atoms with Crippen molar-refractivity contribution in [3.8, 4) is 10.6 Å². The van der Waals surface area contributed by atoms with Gasteiger partial charge in [0.05, 0.1) is 17.1 Å². The van der Waals surface area contributed by atoms with E-state index in [1.54, 1.807) is 17.5 Å². The Labute approximate surface area is 180 Å². The quantitative estimate of drug-likeness (QED) is 0.590. The lowest BCUT2D eigenvalue weighted by molar-refractivity contribution is -0.116. The number of nitrogens with zero attached hydrogens (tertiary/aromatic N) is 4. The van der Waals surface area contributed by atoms with Crippen LogP contribution in [-0.4, -0.2) is 33.4 Å². The number of carbonyl (C=O) groups excluding carboxylic acids is 1. The van der Waals surface area contributed by atoms with Gasteiger partial charge in [0.25, 0.3) is 0 Å². The Morgan fingerprint density at radius 1 is 1.20 bits per heavy atom. The molecular weight excluding hydrogens is 396 g/mol. The van der Waals surface area contributed by atoms with Crippen LogP contribution >= 0.6 is 11.3 Å². The molecule has 3 N–H and O–H groups in total. The molecule has 0 atom stereocenters. The summed E-state index contributed by atoms with van der Waals surface area (Å²) in [5, 5.41) is 4.08. The van der Waals surface area contributed by atoms with Crippen molar-refractivity contribution in [3.63, 3.8) is 0 Å². The lowest BCUT2D eigenvalue weighted by Crippen LogP contribution is -2.42. The van der Waals surface area contributed by atoms with Crippen LogP contribution in [0.1, 0.15) is 37.7 Å². The summed E-state index contributed by atoms with van der Waals surface area (Å²) in [6.07, 6.45) is 9.36. The largest absolute Gasteiger partial charge is 0.368 e. The third kappa shape index (κ3) is 4.94. The number of hydrogen-bond donors (Lipinski definition) is 2. The molecule has 1 fully saturated rings. The van der Waals surface area contributed by atoms with Gasteiger partial charge in [-0.3, -0.25) is 4.79 Å². The van der Waals surface area contributed by atoms with Crippen LogP contribution in [0.3, 0.4) is 0 Å². The molecule has 0 spiro atoms. The molecule has 3 aromatic rings. The molecule has 1 aliphatic rings. The number of nitrogens with two attached hydrogens (primary N) is 1. The van der Waals surface area contributed by atoms with Crippen molar-refractivity contribution < 1.29 is 4.79 Å². The highest BCUT2D eigenvalue weighted by atomic mass is 32.1. The summed E-state index contributed by atoms with van der Waals surface area (Å²) in [5.74, 6) is 1.16. The molecule has 0 unspecified atom stereocenters. The van der Waals surface area contributed by atoms with Crippen molar-refractivity contribution in [1.82, 2.24) is 15.0 Å². The van der Waals surface area contributed by atoms with E-state index in [0.717, 1.165) is 45.7 Å². The Morgan fingerprint density at radius 3 is 2.80 bits per heavy atom. The molecule has 3 aromatic heterocycles. The highest BCUT2D eigenvalue weighted by Crippen LogP contribution is 2.34. The zero-order valence-corrected chi connectivity index (χ0v) is 17.9. The maximum atomic E-state index is 11.7. The summed E-state index contributed by atoms with van der Waals surface area (Å²) in [7, 11) is 0. The number of primary amides is 1. The van der Waals surface area contributed by atoms with Crippen LogP contribution in [0.4, 0.5) is 16.8 Å². The van der Waals surface area contributed by atoms with E-state index in [-0.39, 0.29) is 12.5 Å². The van der Waals surface area contributed by atoms with E-state index < -0.39 is 0 Å². The fraction of sp³-hybridized carbons (Fsp3) is 0.364. The molecule has 1 saturated carbocycles. The fourth-order valence-corrected chi connectivity index (χ4v) is 4.76. The maximum Gasteiger partial charge on any atom is 0.237 e. The topological polar surface area (TPSA) is 97.0 Å². The van der Waals surface area contributed by atoms with Gasteiger partial charge in [-0.2, -0.15) is 0 Å². The van der Waals surface area contributed by atoms with Gasteiger partial charge in [0.15, 0.2) is 5.13 Å². The van der Waals surface area contributed by atoms with Crippen LogP contribution < -0.4 is 16.0 Å². The van der Waals surface area contributed by atoms with Crippen molar-refractivity contribution >= 4 is 34.0 Å². The Hall–Kier alpha value is -3.00. The molecule has 0 saturated heterocycles. The second kappa shape index (κ2) is 9.21. The summed E-state index contributed by atoms with van der Waals surface area (Å²) in [5.41, 5.74) is 7.49. The van der Waals surface area contributed by atoms with Crippen LogP contribution in [0.25, 0.3) is 10.6 Å². The SMILES string of the molecule is Cc1ccnc(Nc2cccc(-c3cnc(N(CC(N)=O)C4CCCCC4)s3)n2)c1. The predicted molar refractivity (Wildman–Crippen MR) is 121 cm³/mol. The molecule has 0 aliphatic heterocycles. The van der Waals surface area contributed by atoms with Gasteiger partial charge in [0, 0.05) is 18.4 Å². The molecule has 156 valence electrons. The third-order valence-electron chi connectivity index (χ3n) is 5.25. The molecule has 0 bridgehead atoms. The van der Waals surface area contributed by atoms with E-state index in [9.17, 15) is 4.79 Å². The number of aromatic nitrogens is 3. The second-order valence-electron chi connectivity index (χ2n) is 7.64. The highest BCUT2D eigenvalue weighted by Gasteiger charge is 2.25. The average Bonchev–Trinajstić information content (AvgIpc) is 3.23. The van der Waals surface area contributed by atoms with Crippen LogP contribution in [-0.2, 0) is 4.79 Å². The van der Waals surface area contributed by atoms with E-state index >= 15 is 0 Å². The van der Waals surface area contributed by atoms with Crippen molar-refractivity contribution in [3.05, 3.63) is 48.3 Å². The van der Waals surface area contributed by atoms with Crippen molar-refractivity contribution in [2.24, 2.45) is 5.73 Å².